The van der Waals surface area contributed by atoms with Crippen LogP contribution < -0.4 is 0 Å². The SMILES string of the molecule is C#Cc1cc(C(=O)N(C)C)cc2c1cnn2C1CCCCO1. The lowest BCUT2D eigenvalue weighted by Gasteiger charge is -2.23. The van der Waals surface area contributed by atoms with Gasteiger partial charge in [0.25, 0.3) is 5.91 Å². The summed E-state index contributed by atoms with van der Waals surface area (Å²) in [6.07, 6.45) is 10.4. The van der Waals surface area contributed by atoms with E-state index in [0.29, 0.717) is 11.1 Å². The van der Waals surface area contributed by atoms with Crippen LogP contribution in [0.15, 0.2) is 18.3 Å². The molecule has 1 aliphatic heterocycles. The minimum Gasteiger partial charge on any atom is -0.356 e. The van der Waals surface area contributed by atoms with Crippen LogP contribution in [-0.4, -0.2) is 41.3 Å². The Hall–Kier alpha value is -2.32. The number of hydrogen-bond donors (Lipinski definition) is 0. The van der Waals surface area contributed by atoms with Gasteiger partial charge in [-0.25, -0.2) is 4.68 Å². The van der Waals surface area contributed by atoms with E-state index in [0.717, 1.165) is 36.8 Å². The maximum absolute atomic E-state index is 12.3. The molecule has 2 heterocycles. The van der Waals surface area contributed by atoms with Gasteiger partial charge in [0.05, 0.1) is 11.7 Å². The van der Waals surface area contributed by atoms with Gasteiger partial charge in [-0.1, -0.05) is 5.92 Å². The van der Waals surface area contributed by atoms with Crippen LogP contribution in [0.4, 0.5) is 0 Å². The highest BCUT2D eigenvalue weighted by molar-refractivity contribution is 5.99. The zero-order chi connectivity index (χ0) is 15.7. The Morgan fingerprint density at radius 2 is 2.27 bits per heavy atom. The van der Waals surface area contributed by atoms with Crippen molar-refractivity contribution in [2.75, 3.05) is 20.7 Å². The molecule has 0 spiro atoms. The number of benzene rings is 1. The lowest BCUT2D eigenvalue weighted by molar-refractivity contribution is -0.0366. The van der Waals surface area contributed by atoms with Gasteiger partial charge in [-0.2, -0.15) is 5.10 Å². The normalized spacial score (nSPS) is 18.1. The monoisotopic (exact) mass is 297 g/mol. The van der Waals surface area contributed by atoms with Crippen molar-refractivity contribution in [3.8, 4) is 12.3 Å². The summed E-state index contributed by atoms with van der Waals surface area (Å²) in [5.41, 5.74) is 2.11. The van der Waals surface area contributed by atoms with E-state index in [4.69, 9.17) is 11.2 Å². The predicted octanol–water partition coefficient (Wildman–Crippen LogP) is 2.42. The van der Waals surface area contributed by atoms with Crippen molar-refractivity contribution in [1.29, 1.82) is 0 Å². The lowest BCUT2D eigenvalue weighted by atomic mass is 10.1. The standard InChI is InChI=1S/C17H19N3O2/c1-4-12-9-13(17(21)19(2)3)10-15-14(12)11-18-20(15)16-7-5-6-8-22-16/h1,9-11,16H,5-8H2,2-3H3. The van der Waals surface area contributed by atoms with Gasteiger partial charge in [-0.15, -0.1) is 6.42 Å². The molecule has 1 aromatic heterocycles. The van der Waals surface area contributed by atoms with Gasteiger partial charge >= 0.3 is 0 Å². The summed E-state index contributed by atoms with van der Waals surface area (Å²) in [4.78, 5) is 13.8. The van der Waals surface area contributed by atoms with E-state index in [1.54, 1.807) is 31.3 Å². The molecule has 0 bridgehead atoms. The van der Waals surface area contributed by atoms with E-state index < -0.39 is 0 Å². The number of hydrogen-bond acceptors (Lipinski definition) is 3. The van der Waals surface area contributed by atoms with Crippen LogP contribution in [0.3, 0.4) is 0 Å². The summed E-state index contributed by atoms with van der Waals surface area (Å²) < 4.78 is 7.65. The molecule has 2 aromatic rings. The van der Waals surface area contributed by atoms with E-state index in [2.05, 4.69) is 11.0 Å². The molecule has 0 aliphatic carbocycles. The van der Waals surface area contributed by atoms with Crippen molar-refractivity contribution >= 4 is 16.8 Å². The molecule has 1 aliphatic rings. The predicted molar refractivity (Wildman–Crippen MR) is 84.5 cm³/mol. The van der Waals surface area contributed by atoms with Gasteiger partial charge in [0.15, 0.2) is 6.23 Å². The molecule has 114 valence electrons. The average molecular weight is 297 g/mol. The summed E-state index contributed by atoms with van der Waals surface area (Å²) in [6, 6.07) is 3.60. The molecule has 1 aromatic carbocycles. The highest BCUT2D eigenvalue weighted by atomic mass is 16.5. The van der Waals surface area contributed by atoms with Gasteiger partial charge in [0.2, 0.25) is 0 Å². The number of carbonyl (C=O) groups is 1. The molecule has 0 N–H and O–H groups in total. The van der Waals surface area contributed by atoms with E-state index in [9.17, 15) is 4.79 Å². The summed E-state index contributed by atoms with van der Waals surface area (Å²) in [6.45, 7) is 0.740. The van der Waals surface area contributed by atoms with Crippen LogP contribution in [0, 0.1) is 12.3 Å². The van der Waals surface area contributed by atoms with Gasteiger partial charge in [0.1, 0.15) is 0 Å². The first-order valence-electron chi connectivity index (χ1n) is 7.43. The van der Waals surface area contributed by atoms with Crippen molar-refractivity contribution in [1.82, 2.24) is 14.7 Å². The number of amides is 1. The molecule has 1 atom stereocenters. The zero-order valence-electron chi connectivity index (χ0n) is 12.9. The van der Waals surface area contributed by atoms with E-state index in [-0.39, 0.29) is 12.1 Å². The Bertz CT molecular complexity index is 749. The summed E-state index contributed by atoms with van der Waals surface area (Å²) in [5.74, 6) is 2.58. The fourth-order valence-corrected chi connectivity index (χ4v) is 2.79. The number of fused-ring (bicyclic) bond motifs is 1. The number of aromatic nitrogens is 2. The van der Waals surface area contributed by atoms with E-state index in [1.165, 1.54) is 0 Å². The first-order valence-corrected chi connectivity index (χ1v) is 7.43. The Balaban J connectivity index is 2.13. The molecule has 5 nitrogen and oxygen atoms in total. The molecule has 0 saturated carbocycles. The minimum atomic E-state index is -0.0819. The first-order chi connectivity index (χ1) is 10.6. The van der Waals surface area contributed by atoms with Crippen molar-refractivity contribution in [3.63, 3.8) is 0 Å². The molecule has 1 amide bonds. The summed E-state index contributed by atoms with van der Waals surface area (Å²) >= 11 is 0. The number of nitrogens with zero attached hydrogens (tertiary/aromatic N) is 3. The number of terminal acetylenes is 1. The first kappa shape index (κ1) is 14.6. The second-order valence-corrected chi connectivity index (χ2v) is 5.71. The van der Waals surface area contributed by atoms with Gasteiger partial charge in [-0.3, -0.25) is 4.79 Å². The van der Waals surface area contributed by atoms with Crippen LogP contribution in [0.25, 0.3) is 10.9 Å². The third kappa shape index (κ3) is 2.46. The molecule has 1 unspecified atom stereocenters. The largest absolute Gasteiger partial charge is 0.356 e. The maximum Gasteiger partial charge on any atom is 0.253 e. The van der Waals surface area contributed by atoms with Crippen LogP contribution in [0.2, 0.25) is 0 Å². The molecule has 1 saturated heterocycles. The van der Waals surface area contributed by atoms with Crippen LogP contribution >= 0.6 is 0 Å². The molecular weight excluding hydrogens is 278 g/mol. The lowest BCUT2D eigenvalue weighted by Crippen LogP contribution is -2.22. The van der Waals surface area contributed by atoms with Gasteiger partial charge < -0.3 is 9.64 Å². The summed E-state index contributed by atoms with van der Waals surface area (Å²) in [7, 11) is 3.45. The highest BCUT2D eigenvalue weighted by Gasteiger charge is 2.21. The molecule has 0 radical (unpaired) electrons. The van der Waals surface area contributed by atoms with Gasteiger partial charge in [0, 0.05) is 37.2 Å². The van der Waals surface area contributed by atoms with Crippen LogP contribution in [0.5, 0.6) is 0 Å². The maximum atomic E-state index is 12.3. The van der Waals surface area contributed by atoms with Crippen molar-refractivity contribution < 1.29 is 9.53 Å². The van der Waals surface area contributed by atoms with Crippen LogP contribution in [0.1, 0.15) is 41.4 Å². The fourth-order valence-electron chi connectivity index (χ4n) is 2.79. The smallest absolute Gasteiger partial charge is 0.253 e. The highest BCUT2D eigenvalue weighted by Crippen LogP contribution is 2.28. The Kier molecular flexibility index (Phi) is 3.86. The number of ether oxygens (including phenoxy) is 1. The zero-order valence-corrected chi connectivity index (χ0v) is 12.9. The molecule has 1 fully saturated rings. The molecular formula is C17H19N3O2. The van der Waals surface area contributed by atoms with Crippen molar-refractivity contribution in [2.24, 2.45) is 0 Å². The van der Waals surface area contributed by atoms with Crippen molar-refractivity contribution in [2.45, 2.75) is 25.5 Å². The minimum absolute atomic E-state index is 0.0734. The topological polar surface area (TPSA) is 47.4 Å². The van der Waals surface area contributed by atoms with Crippen LogP contribution in [-0.2, 0) is 4.74 Å². The quantitative estimate of drug-likeness (QED) is 0.800. The van der Waals surface area contributed by atoms with Crippen molar-refractivity contribution in [3.05, 3.63) is 29.5 Å². The molecule has 5 heteroatoms. The molecule has 22 heavy (non-hydrogen) atoms. The second-order valence-electron chi connectivity index (χ2n) is 5.71. The molecule has 3 rings (SSSR count). The Morgan fingerprint density at radius 1 is 1.45 bits per heavy atom. The fraction of sp³-hybridized carbons (Fsp3) is 0.412. The number of carbonyl (C=O) groups excluding carboxylic acids is 1. The average Bonchev–Trinajstić information content (AvgIpc) is 2.97. The summed E-state index contributed by atoms with van der Waals surface area (Å²) in [5, 5.41) is 5.33. The Labute approximate surface area is 129 Å². The second kappa shape index (κ2) is 5.82. The van der Waals surface area contributed by atoms with E-state index in [1.807, 2.05) is 10.7 Å². The Morgan fingerprint density at radius 3 is 2.91 bits per heavy atom. The third-order valence-electron chi connectivity index (χ3n) is 3.95. The van der Waals surface area contributed by atoms with E-state index >= 15 is 0 Å². The van der Waals surface area contributed by atoms with Gasteiger partial charge in [-0.05, 0) is 31.4 Å². The number of rotatable bonds is 2. The third-order valence-corrected chi connectivity index (χ3v) is 3.95.